The maximum absolute atomic E-state index is 12.0. The molecule has 0 radical (unpaired) electrons. The van der Waals surface area contributed by atoms with Gasteiger partial charge in [0.15, 0.2) is 0 Å². The normalized spacial score (nSPS) is 15.7. The van der Waals surface area contributed by atoms with E-state index in [4.69, 9.17) is 0 Å². The van der Waals surface area contributed by atoms with E-state index in [1.807, 2.05) is 30.5 Å². The lowest BCUT2D eigenvalue weighted by Crippen LogP contribution is -2.38. The van der Waals surface area contributed by atoms with E-state index in [1.165, 1.54) is 6.42 Å². The summed E-state index contributed by atoms with van der Waals surface area (Å²) in [6, 6.07) is 7.83. The highest BCUT2D eigenvalue weighted by Crippen LogP contribution is 2.23. The van der Waals surface area contributed by atoms with E-state index in [1.54, 1.807) is 6.21 Å². The minimum absolute atomic E-state index is 0.0215. The van der Waals surface area contributed by atoms with Crippen molar-refractivity contribution >= 4 is 28.9 Å². The Kier molecular flexibility index (Phi) is 5.25. The summed E-state index contributed by atoms with van der Waals surface area (Å²) in [5.41, 5.74) is 4.39. The molecular formula is C18H22N4O2. The van der Waals surface area contributed by atoms with Gasteiger partial charge in [-0.3, -0.25) is 9.59 Å². The molecule has 2 amide bonds. The summed E-state index contributed by atoms with van der Waals surface area (Å²) < 4.78 is 0. The lowest BCUT2D eigenvalue weighted by molar-refractivity contribution is -0.129. The molecule has 6 nitrogen and oxygen atoms in total. The van der Waals surface area contributed by atoms with Gasteiger partial charge >= 0.3 is 0 Å². The summed E-state index contributed by atoms with van der Waals surface area (Å²) in [6.07, 6.45) is 8.71. The largest absolute Gasteiger partial charge is 0.361 e. The molecule has 0 saturated heterocycles. The van der Waals surface area contributed by atoms with Crippen molar-refractivity contribution in [3.63, 3.8) is 0 Å². The number of carbonyl (C=O) groups excluding carboxylic acids is 2. The molecule has 1 aromatic carbocycles. The van der Waals surface area contributed by atoms with Gasteiger partial charge in [0.2, 0.25) is 5.91 Å². The van der Waals surface area contributed by atoms with Gasteiger partial charge in [-0.2, -0.15) is 5.10 Å². The molecule has 0 unspecified atom stereocenters. The minimum atomic E-state index is -0.321. The SMILES string of the molecule is O=C(CNC(=O)C1CCCCC1)NN=Cc1ccc2[nH]ccc2c1. The summed E-state index contributed by atoms with van der Waals surface area (Å²) in [5.74, 6) is -0.284. The van der Waals surface area contributed by atoms with Gasteiger partial charge in [0.25, 0.3) is 5.91 Å². The van der Waals surface area contributed by atoms with Gasteiger partial charge in [-0.25, -0.2) is 5.43 Å². The molecule has 3 rings (SSSR count). The number of H-pyrrole nitrogens is 1. The third-order valence-electron chi connectivity index (χ3n) is 4.38. The number of aromatic nitrogens is 1. The van der Waals surface area contributed by atoms with Crippen molar-refractivity contribution in [2.45, 2.75) is 32.1 Å². The molecule has 0 bridgehead atoms. The Morgan fingerprint density at radius 1 is 1.21 bits per heavy atom. The summed E-state index contributed by atoms with van der Waals surface area (Å²) in [5, 5.41) is 7.72. The van der Waals surface area contributed by atoms with E-state index in [-0.39, 0.29) is 24.3 Å². The summed E-state index contributed by atoms with van der Waals surface area (Å²) >= 11 is 0. The number of aromatic amines is 1. The number of amides is 2. The van der Waals surface area contributed by atoms with Crippen LogP contribution in [0.2, 0.25) is 0 Å². The number of hydrogen-bond acceptors (Lipinski definition) is 3. The van der Waals surface area contributed by atoms with Gasteiger partial charge < -0.3 is 10.3 Å². The monoisotopic (exact) mass is 326 g/mol. The molecule has 1 heterocycles. The summed E-state index contributed by atoms with van der Waals surface area (Å²) in [6.45, 7) is -0.0382. The molecule has 126 valence electrons. The van der Waals surface area contributed by atoms with E-state index in [0.717, 1.165) is 42.1 Å². The third-order valence-corrected chi connectivity index (χ3v) is 4.38. The predicted molar refractivity (Wildman–Crippen MR) is 93.6 cm³/mol. The first kappa shape index (κ1) is 16.2. The molecule has 6 heteroatoms. The quantitative estimate of drug-likeness (QED) is 0.582. The van der Waals surface area contributed by atoms with Crippen LogP contribution in [-0.4, -0.2) is 29.6 Å². The molecule has 0 spiro atoms. The molecular weight excluding hydrogens is 304 g/mol. The van der Waals surface area contributed by atoms with Gasteiger partial charge in [-0.1, -0.05) is 25.3 Å². The van der Waals surface area contributed by atoms with Crippen molar-refractivity contribution in [1.82, 2.24) is 15.7 Å². The fourth-order valence-electron chi connectivity index (χ4n) is 3.05. The maximum atomic E-state index is 12.0. The molecule has 1 aliphatic carbocycles. The highest BCUT2D eigenvalue weighted by Gasteiger charge is 2.21. The van der Waals surface area contributed by atoms with Crippen molar-refractivity contribution in [3.05, 3.63) is 36.0 Å². The van der Waals surface area contributed by atoms with Gasteiger partial charge in [0.05, 0.1) is 12.8 Å². The fraction of sp³-hybridized carbons (Fsp3) is 0.389. The van der Waals surface area contributed by atoms with E-state index in [0.29, 0.717) is 0 Å². The highest BCUT2D eigenvalue weighted by molar-refractivity contribution is 5.90. The Bertz CT molecular complexity index is 744. The average molecular weight is 326 g/mol. The van der Waals surface area contributed by atoms with Gasteiger partial charge in [-0.05, 0) is 42.0 Å². The smallest absolute Gasteiger partial charge is 0.259 e. The number of rotatable bonds is 5. The molecule has 0 aliphatic heterocycles. The Morgan fingerprint density at radius 3 is 2.88 bits per heavy atom. The second kappa shape index (κ2) is 7.77. The second-order valence-corrected chi connectivity index (χ2v) is 6.17. The molecule has 1 saturated carbocycles. The third kappa shape index (κ3) is 4.22. The van der Waals surface area contributed by atoms with Crippen LogP contribution in [0.3, 0.4) is 0 Å². The van der Waals surface area contributed by atoms with Crippen LogP contribution in [0.4, 0.5) is 0 Å². The Hall–Kier alpha value is -2.63. The Morgan fingerprint density at radius 2 is 2.04 bits per heavy atom. The van der Waals surface area contributed by atoms with Crippen LogP contribution >= 0.6 is 0 Å². The van der Waals surface area contributed by atoms with Crippen LogP contribution in [0.5, 0.6) is 0 Å². The first-order valence-corrected chi connectivity index (χ1v) is 8.39. The maximum Gasteiger partial charge on any atom is 0.259 e. The van der Waals surface area contributed by atoms with Gasteiger partial charge in [0.1, 0.15) is 0 Å². The molecule has 1 aromatic heterocycles. The predicted octanol–water partition coefficient (Wildman–Crippen LogP) is 2.31. The summed E-state index contributed by atoms with van der Waals surface area (Å²) in [7, 11) is 0. The number of hydrogen-bond donors (Lipinski definition) is 3. The molecule has 3 N–H and O–H groups in total. The zero-order valence-electron chi connectivity index (χ0n) is 13.5. The molecule has 0 atom stereocenters. The first-order valence-electron chi connectivity index (χ1n) is 8.39. The van der Waals surface area contributed by atoms with Crippen LogP contribution in [0.25, 0.3) is 10.9 Å². The van der Waals surface area contributed by atoms with Gasteiger partial charge in [0, 0.05) is 17.6 Å². The molecule has 2 aromatic rings. The van der Waals surface area contributed by atoms with Crippen molar-refractivity contribution in [2.24, 2.45) is 11.0 Å². The van der Waals surface area contributed by atoms with Crippen LogP contribution in [0, 0.1) is 5.92 Å². The van der Waals surface area contributed by atoms with Crippen molar-refractivity contribution in [1.29, 1.82) is 0 Å². The van der Waals surface area contributed by atoms with Gasteiger partial charge in [-0.15, -0.1) is 0 Å². The summed E-state index contributed by atoms with van der Waals surface area (Å²) in [4.78, 5) is 26.8. The second-order valence-electron chi connectivity index (χ2n) is 6.17. The zero-order chi connectivity index (χ0) is 16.8. The molecule has 24 heavy (non-hydrogen) atoms. The molecule has 1 aliphatic rings. The molecule has 1 fully saturated rings. The van der Waals surface area contributed by atoms with Crippen molar-refractivity contribution < 1.29 is 9.59 Å². The topological polar surface area (TPSA) is 86.3 Å². The Labute approximate surface area is 140 Å². The first-order chi connectivity index (χ1) is 11.7. The number of carbonyl (C=O) groups is 2. The van der Waals surface area contributed by atoms with E-state index in [9.17, 15) is 9.59 Å². The van der Waals surface area contributed by atoms with E-state index in [2.05, 4.69) is 20.8 Å². The van der Waals surface area contributed by atoms with E-state index >= 15 is 0 Å². The van der Waals surface area contributed by atoms with E-state index < -0.39 is 0 Å². The van der Waals surface area contributed by atoms with Crippen LogP contribution in [-0.2, 0) is 9.59 Å². The number of nitrogens with zero attached hydrogens (tertiary/aromatic N) is 1. The lowest BCUT2D eigenvalue weighted by Gasteiger charge is -2.20. The number of hydrazone groups is 1. The van der Waals surface area contributed by atoms with Crippen molar-refractivity contribution in [3.8, 4) is 0 Å². The number of fused-ring (bicyclic) bond motifs is 1. The number of benzene rings is 1. The average Bonchev–Trinajstić information content (AvgIpc) is 3.08. The van der Waals surface area contributed by atoms with Crippen LogP contribution in [0.15, 0.2) is 35.6 Å². The lowest BCUT2D eigenvalue weighted by atomic mass is 9.89. The minimum Gasteiger partial charge on any atom is -0.361 e. The Balaban J connectivity index is 1.43. The zero-order valence-corrected chi connectivity index (χ0v) is 13.5. The van der Waals surface area contributed by atoms with Crippen molar-refractivity contribution in [2.75, 3.05) is 6.54 Å². The van der Waals surface area contributed by atoms with Crippen LogP contribution < -0.4 is 10.7 Å². The standard InChI is InChI=1S/C18H22N4O2/c23-17(12-20-18(24)14-4-2-1-3-5-14)22-21-11-13-6-7-16-15(10-13)8-9-19-16/h6-11,14,19H,1-5,12H2,(H,20,24)(H,22,23). The highest BCUT2D eigenvalue weighted by atomic mass is 16.2. The fourth-order valence-corrected chi connectivity index (χ4v) is 3.05. The number of nitrogens with one attached hydrogen (secondary N) is 3. The van der Waals surface area contributed by atoms with Crippen LogP contribution in [0.1, 0.15) is 37.7 Å².